The van der Waals surface area contributed by atoms with Crippen LogP contribution in [0.15, 0.2) is 60.7 Å². The molecule has 3 rings (SSSR count). The molecule has 0 atom stereocenters. The zero-order chi connectivity index (χ0) is 20.1. The van der Waals surface area contributed by atoms with Crippen molar-refractivity contribution in [1.29, 1.82) is 0 Å². The van der Waals surface area contributed by atoms with Crippen LogP contribution in [0, 0.1) is 6.92 Å². The van der Waals surface area contributed by atoms with Gasteiger partial charge in [-0.2, -0.15) is 0 Å². The van der Waals surface area contributed by atoms with Crippen LogP contribution >= 0.6 is 0 Å². The molecule has 5 heteroatoms. The van der Waals surface area contributed by atoms with Crippen molar-refractivity contribution in [2.45, 2.75) is 33.1 Å². The summed E-state index contributed by atoms with van der Waals surface area (Å²) in [5.74, 6) is -1.11. The molecule has 0 aliphatic heterocycles. The molecular formula is C23H24N2O3. The second kappa shape index (κ2) is 8.57. The molecule has 0 saturated heterocycles. The number of nitrogens with zero attached hydrogens (tertiary/aromatic N) is 1. The van der Waals surface area contributed by atoms with Gasteiger partial charge in [-0.3, -0.25) is 19.7 Å². The maximum absolute atomic E-state index is 12.7. The van der Waals surface area contributed by atoms with Crippen molar-refractivity contribution in [3.8, 4) is 11.3 Å². The van der Waals surface area contributed by atoms with E-state index in [-0.39, 0.29) is 12.3 Å². The molecule has 1 amide bonds. The average Bonchev–Trinajstić information content (AvgIpc) is 3.09. The fourth-order valence-electron chi connectivity index (χ4n) is 3.05. The Labute approximate surface area is 164 Å². The van der Waals surface area contributed by atoms with E-state index in [1.165, 1.54) is 5.56 Å². The Morgan fingerprint density at radius 1 is 0.964 bits per heavy atom. The summed E-state index contributed by atoms with van der Waals surface area (Å²) < 4.78 is 1.70. The van der Waals surface area contributed by atoms with E-state index in [9.17, 15) is 9.59 Å². The summed E-state index contributed by atoms with van der Waals surface area (Å²) >= 11 is 0. The second-order valence-corrected chi connectivity index (χ2v) is 6.80. The van der Waals surface area contributed by atoms with Gasteiger partial charge in [-0.25, -0.2) is 0 Å². The minimum Gasteiger partial charge on any atom is -0.481 e. The van der Waals surface area contributed by atoms with E-state index >= 15 is 0 Å². The normalized spacial score (nSPS) is 10.6. The first-order valence-corrected chi connectivity index (χ1v) is 9.37. The zero-order valence-electron chi connectivity index (χ0n) is 16.1. The highest BCUT2D eigenvalue weighted by atomic mass is 16.4. The van der Waals surface area contributed by atoms with Crippen molar-refractivity contribution in [2.75, 3.05) is 5.43 Å². The van der Waals surface area contributed by atoms with Crippen LogP contribution in [0.3, 0.4) is 0 Å². The quantitative estimate of drug-likeness (QED) is 0.641. The lowest BCUT2D eigenvalue weighted by Crippen LogP contribution is -2.25. The number of aromatic nitrogens is 1. The fraction of sp³-hybridized carbons (Fsp3) is 0.217. The first kappa shape index (κ1) is 19.4. The Kier molecular flexibility index (Phi) is 5.94. The van der Waals surface area contributed by atoms with E-state index < -0.39 is 5.97 Å². The summed E-state index contributed by atoms with van der Waals surface area (Å²) in [4.78, 5) is 23.8. The lowest BCUT2D eigenvalue weighted by Gasteiger charge is -2.15. The maximum Gasteiger partial charge on any atom is 0.303 e. The molecule has 0 radical (unpaired) electrons. The molecule has 0 saturated carbocycles. The molecule has 28 heavy (non-hydrogen) atoms. The van der Waals surface area contributed by atoms with Crippen molar-refractivity contribution in [3.05, 3.63) is 83.0 Å². The molecule has 144 valence electrons. The van der Waals surface area contributed by atoms with Gasteiger partial charge in [0.25, 0.3) is 5.91 Å². The van der Waals surface area contributed by atoms with Crippen molar-refractivity contribution in [3.63, 3.8) is 0 Å². The largest absolute Gasteiger partial charge is 0.481 e. The van der Waals surface area contributed by atoms with Crippen LogP contribution in [0.25, 0.3) is 11.3 Å². The van der Waals surface area contributed by atoms with Gasteiger partial charge >= 0.3 is 5.97 Å². The van der Waals surface area contributed by atoms with Crippen LogP contribution in [0.2, 0.25) is 0 Å². The van der Waals surface area contributed by atoms with E-state index in [1.807, 2.05) is 43.3 Å². The third-order valence-corrected chi connectivity index (χ3v) is 4.74. The first-order valence-electron chi connectivity index (χ1n) is 9.37. The van der Waals surface area contributed by atoms with Gasteiger partial charge in [0, 0.05) is 23.2 Å². The number of carboxylic acid groups (broad SMARTS) is 1. The molecule has 2 N–H and O–H groups in total. The molecule has 2 aromatic carbocycles. The third kappa shape index (κ3) is 4.49. The summed E-state index contributed by atoms with van der Waals surface area (Å²) in [6.45, 7) is 4.07. The molecule has 3 aromatic rings. The second-order valence-electron chi connectivity index (χ2n) is 6.80. The van der Waals surface area contributed by atoms with Crippen molar-refractivity contribution in [2.24, 2.45) is 0 Å². The SMILES string of the molecule is CCc1ccc(-c2ccc(CCC(=O)O)n2NC(=O)c2ccc(C)cc2)cc1. The zero-order valence-corrected chi connectivity index (χ0v) is 16.1. The molecular weight excluding hydrogens is 352 g/mol. The highest BCUT2D eigenvalue weighted by Gasteiger charge is 2.15. The lowest BCUT2D eigenvalue weighted by molar-refractivity contribution is -0.136. The smallest absolute Gasteiger partial charge is 0.303 e. The van der Waals surface area contributed by atoms with Crippen LogP contribution < -0.4 is 5.43 Å². The molecule has 0 spiro atoms. The number of carbonyl (C=O) groups is 2. The van der Waals surface area contributed by atoms with Gasteiger partial charge < -0.3 is 5.11 Å². The van der Waals surface area contributed by atoms with Gasteiger partial charge in [0.05, 0.1) is 12.1 Å². The van der Waals surface area contributed by atoms with Gasteiger partial charge in [0.1, 0.15) is 0 Å². The Morgan fingerprint density at radius 3 is 2.25 bits per heavy atom. The van der Waals surface area contributed by atoms with Crippen LogP contribution in [-0.2, 0) is 17.6 Å². The van der Waals surface area contributed by atoms with Crippen molar-refractivity contribution >= 4 is 11.9 Å². The maximum atomic E-state index is 12.7. The molecule has 0 aliphatic carbocycles. The van der Waals surface area contributed by atoms with Crippen LogP contribution in [0.4, 0.5) is 0 Å². The topological polar surface area (TPSA) is 71.3 Å². The monoisotopic (exact) mass is 376 g/mol. The molecule has 0 aliphatic rings. The van der Waals surface area contributed by atoms with E-state index in [4.69, 9.17) is 5.11 Å². The number of aliphatic carboxylic acids is 1. The summed E-state index contributed by atoms with van der Waals surface area (Å²) in [5.41, 5.74) is 8.33. The summed E-state index contributed by atoms with van der Waals surface area (Å²) in [7, 11) is 0. The third-order valence-electron chi connectivity index (χ3n) is 4.74. The molecule has 0 bridgehead atoms. The summed E-state index contributed by atoms with van der Waals surface area (Å²) in [6, 6.07) is 19.3. The number of amides is 1. The van der Waals surface area contributed by atoms with Gasteiger partial charge in [0.15, 0.2) is 0 Å². The highest BCUT2D eigenvalue weighted by molar-refractivity contribution is 6.00. The van der Waals surface area contributed by atoms with Crippen LogP contribution in [0.1, 0.15) is 40.5 Å². The predicted molar refractivity (Wildman–Crippen MR) is 110 cm³/mol. The van der Waals surface area contributed by atoms with Crippen LogP contribution in [0.5, 0.6) is 0 Å². The van der Waals surface area contributed by atoms with E-state index in [0.29, 0.717) is 12.0 Å². The highest BCUT2D eigenvalue weighted by Crippen LogP contribution is 2.23. The summed E-state index contributed by atoms with van der Waals surface area (Å²) in [5, 5.41) is 9.04. The number of carboxylic acids is 1. The first-order chi connectivity index (χ1) is 13.5. The molecule has 5 nitrogen and oxygen atoms in total. The number of hydrogen-bond acceptors (Lipinski definition) is 2. The summed E-state index contributed by atoms with van der Waals surface area (Å²) in [6.07, 6.45) is 1.28. The number of carbonyl (C=O) groups excluding carboxylic acids is 1. The molecule has 0 unspecified atom stereocenters. The number of hydrogen-bond donors (Lipinski definition) is 2. The van der Waals surface area contributed by atoms with Crippen molar-refractivity contribution in [1.82, 2.24) is 4.68 Å². The van der Waals surface area contributed by atoms with E-state index in [0.717, 1.165) is 28.9 Å². The van der Waals surface area contributed by atoms with Gasteiger partial charge in [-0.1, -0.05) is 48.9 Å². The predicted octanol–water partition coefficient (Wildman–Crippen LogP) is 4.43. The number of aryl methyl sites for hydroxylation is 3. The standard InChI is InChI=1S/C23H24N2O3/c1-3-17-6-10-18(11-7-17)21-14-12-20(13-15-22(26)27)25(21)24-23(28)19-8-4-16(2)5-9-19/h4-12,14H,3,13,15H2,1-2H3,(H,24,28)(H,26,27). The minimum atomic E-state index is -0.869. The number of nitrogens with one attached hydrogen (secondary N) is 1. The Bertz CT molecular complexity index is 970. The Hall–Kier alpha value is -3.34. The molecule has 0 fully saturated rings. The average molecular weight is 376 g/mol. The van der Waals surface area contributed by atoms with Gasteiger partial charge in [-0.05, 0) is 43.2 Å². The van der Waals surface area contributed by atoms with Gasteiger partial charge in [-0.15, -0.1) is 0 Å². The fourth-order valence-corrected chi connectivity index (χ4v) is 3.05. The molecule has 1 heterocycles. The van der Waals surface area contributed by atoms with Gasteiger partial charge in [0.2, 0.25) is 0 Å². The molecule has 1 aromatic heterocycles. The number of rotatable bonds is 7. The lowest BCUT2D eigenvalue weighted by atomic mass is 10.1. The van der Waals surface area contributed by atoms with E-state index in [2.05, 4.69) is 24.5 Å². The Balaban J connectivity index is 1.94. The van der Waals surface area contributed by atoms with Crippen LogP contribution in [-0.4, -0.2) is 21.7 Å². The Morgan fingerprint density at radius 2 is 1.64 bits per heavy atom. The van der Waals surface area contributed by atoms with Crippen molar-refractivity contribution < 1.29 is 14.7 Å². The number of benzene rings is 2. The van der Waals surface area contributed by atoms with E-state index in [1.54, 1.807) is 16.8 Å². The minimum absolute atomic E-state index is 0.00136.